The highest BCUT2D eigenvalue weighted by Crippen LogP contribution is 2.18. The van der Waals surface area contributed by atoms with Crippen molar-refractivity contribution in [1.82, 2.24) is 9.55 Å². The van der Waals surface area contributed by atoms with Crippen LogP contribution in [-0.4, -0.2) is 34.6 Å². The number of benzene rings is 2. The molecular weight excluding hydrogens is 358 g/mol. The Morgan fingerprint density at radius 1 is 1.11 bits per heavy atom. The summed E-state index contributed by atoms with van der Waals surface area (Å²) in [5, 5.41) is 0. The lowest BCUT2D eigenvalue weighted by Gasteiger charge is -2.12. The van der Waals surface area contributed by atoms with Gasteiger partial charge in [-0.3, -0.25) is 4.79 Å². The number of hydrogen-bond donors (Lipinski definition) is 1. The number of esters is 2. The van der Waals surface area contributed by atoms with Gasteiger partial charge in [-0.15, -0.1) is 0 Å². The van der Waals surface area contributed by atoms with Crippen LogP contribution in [0.1, 0.15) is 15.9 Å². The Labute approximate surface area is 162 Å². The molecule has 0 aliphatic carbocycles. The Hall–Kier alpha value is -3.45. The third-order valence-electron chi connectivity index (χ3n) is 4.17. The van der Waals surface area contributed by atoms with Crippen molar-refractivity contribution in [2.24, 2.45) is 5.73 Å². The largest absolute Gasteiger partial charge is 0.465 e. The molecule has 1 heterocycles. The van der Waals surface area contributed by atoms with Crippen molar-refractivity contribution in [3.63, 3.8) is 0 Å². The number of imidazole rings is 1. The van der Waals surface area contributed by atoms with E-state index in [2.05, 4.69) is 9.72 Å². The Balaban J connectivity index is 1.57. The summed E-state index contributed by atoms with van der Waals surface area (Å²) in [4.78, 5) is 27.9. The fourth-order valence-electron chi connectivity index (χ4n) is 2.64. The minimum absolute atomic E-state index is 0.190. The van der Waals surface area contributed by atoms with E-state index in [9.17, 15) is 9.59 Å². The van der Waals surface area contributed by atoms with Crippen molar-refractivity contribution in [2.75, 3.05) is 7.11 Å². The average molecular weight is 379 g/mol. The molecule has 2 aromatic carbocycles. The lowest BCUT2D eigenvalue weighted by atomic mass is 10.1. The number of methoxy groups -OCH3 is 1. The lowest BCUT2D eigenvalue weighted by molar-refractivity contribution is -0.146. The van der Waals surface area contributed by atoms with Gasteiger partial charge in [-0.25, -0.2) is 9.78 Å². The number of nitrogens with zero attached hydrogens (tertiary/aromatic N) is 2. The normalized spacial score (nSPS) is 11.6. The summed E-state index contributed by atoms with van der Waals surface area (Å²) in [5.41, 5.74) is 8.88. The minimum atomic E-state index is -0.799. The summed E-state index contributed by atoms with van der Waals surface area (Å²) in [7, 11) is 1.34. The van der Waals surface area contributed by atoms with Gasteiger partial charge in [0.15, 0.2) is 0 Å². The van der Waals surface area contributed by atoms with Crippen LogP contribution >= 0.6 is 0 Å². The molecule has 7 heteroatoms. The van der Waals surface area contributed by atoms with E-state index >= 15 is 0 Å². The fourth-order valence-corrected chi connectivity index (χ4v) is 2.64. The van der Waals surface area contributed by atoms with Crippen LogP contribution in [0.2, 0.25) is 0 Å². The summed E-state index contributed by atoms with van der Waals surface area (Å²) >= 11 is 0. The quantitative estimate of drug-likeness (QED) is 0.633. The van der Waals surface area contributed by atoms with Crippen molar-refractivity contribution in [3.05, 3.63) is 78.2 Å². The molecule has 0 bridgehead atoms. The molecule has 28 heavy (non-hydrogen) atoms. The maximum atomic E-state index is 12.1. The minimum Gasteiger partial charge on any atom is -0.465 e. The van der Waals surface area contributed by atoms with E-state index in [1.165, 1.54) is 7.11 Å². The number of rotatable bonds is 7. The van der Waals surface area contributed by atoms with Crippen LogP contribution in [0, 0.1) is 0 Å². The molecule has 144 valence electrons. The van der Waals surface area contributed by atoms with Gasteiger partial charge in [-0.05, 0) is 17.7 Å². The number of hydrogen-bond acceptors (Lipinski definition) is 6. The van der Waals surface area contributed by atoms with Gasteiger partial charge < -0.3 is 19.8 Å². The molecular formula is C21H21N3O4. The van der Waals surface area contributed by atoms with Gasteiger partial charge in [-0.1, -0.05) is 42.5 Å². The standard InChI is InChI=1S/C21H21N3O4/c1-27-20(25)17-9-7-16(8-10-17)19-12-24(14-23-19)11-18(22)21(26)28-13-15-5-3-2-4-6-15/h2-10,12,14,18H,11,13,22H2,1H3. The van der Waals surface area contributed by atoms with Gasteiger partial charge in [0.05, 0.1) is 24.7 Å². The predicted octanol–water partition coefficient (Wildman–Crippen LogP) is 2.41. The van der Waals surface area contributed by atoms with Crippen LogP contribution in [-0.2, 0) is 27.4 Å². The summed E-state index contributed by atoms with van der Waals surface area (Å²) in [5.74, 6) is -0.862. The van der Waals surface area contributed by atoms with Gasteiger partial charge in [-0.2, -0.15) is 0 Å². The Morgan fingerprint density at radius 3 is 2.50 bits per heavy atom. The van der Waals surface area contributed by atoms with Gasteiger partial charge in [0.25, 0.3) is 0 Å². The van der Waals surface area contributed by atoms with Gasteiger partial charge in [0.2, 0.25) is 0 Å². The van der Waals surface area contributed by atoms with E-state index in [-0.39, 0.29) is 13.2 Å². The van der Waals surface area contributed by atoms with E-state index in [1.54, 1.807) is 41.4 Å². The van der Waals surface area contributed by atoms with E-state index in [1.807, 2.05) is 30.3 Å². The molecule has 3 aromatic rings. The second-order valence-electron chi connectivity index (χ2n) is 6.22. The first-order chi connectivity index (χ1) is 13.6. The van der Waals surface area contributed by atoms with E-state index in [4.69, 9.17) is 10.5 Å². The second-order valence-corrected chi connectivity index (χ2v) is 6.22. The van der Waals surface area contributed by atoms with Crippen LogP contribution in [0.4, 0.5) is 0 Å². The van der Waals surface area contributed by atoms with Crippen LogP contribution in [0.3, 0.4) is 0 Å². The average Bonchev–Trinajstić information content (AvgIpc) is 3.20. The maximum absolute atomic E-state index is 12.1. The summed E-state index contributed by atoms with van der Waals surface area (Å²) in [6, 6.07) is 15.5. The fraction of sp³-hybridized carbons (Fsp3) is 0.190. The predicted molar refractivity (Wildman–Crippen MR) is 103 cm³/mol. The zero-order valence-electron chi connectivity index (χ0n) is 15.4. The molecule has 0 aliphatic heterocycles. The zero-order chi connectivity index (χ0) is 19.9. The van der Waals surface area contributed by atoms with Crippen LogP contribution in [0.15, 0.2) is 67.1 Å². The third-order valence-corrected chi connectivity index (χ3v) is 4.17. The molecule has 1 atom stereocenters. The molecule has 7 nitrogen and oxygen atoms in total. The molecule has 0 saturated heterocycles. The Morgan fingerprint density at radius 2 is 1.82 bits per heavy atom. The highest BCUT2D eigenvalue weighted by atomic mass is 16.5. The zero-order valence-corrected chi connectivity index (χ0v) is 15.4. The van der Waals surface area contributed by atoms with Crippen molar-refractivity contribution in [2.45, 2.75) is 19.2 Å². The number of carbonyl (C=O) groups excluding carboxylic acids is 2. The first kappa shape index (κ1) is 19.3. The second kappa shape index (κ2) is 8.96. The number of nitrogens with two attached hydrogens (primary N) is 1. The van der Waals surface area contributed by atoms with E-state index in [0.29, 0.717) is 11.3 Å². The highest BCUT2D eigenvalue weighted by molar-refractivity contribution is 5.89. The van der Waals surface area contributed by atoms with Gasteiger partial charge >= 0.3 is 11.9 Å². The first-order valence-electron chi connectivity index (χ1n) is 8.73. The van der Waals surface area contributed by atoms with Crippen LogP contribution in [0.5, 0.6) is 0 Å². The molecule has 0 aliphatic rings. The highest BCUT2D eigenvalue weighted by Gasteiger charge is 2.16. The van der Waals surface area contributed by atoms with Crippen molar-refractivity contribution < 1.29 is 19.1 Å². The smallest absolute Gasteiger partial charge is 0.337 e. The maximum Gasteiger partial charge on any atom is 0.337 e. The Bertz CT molecular complexity index is 936. The van der Waals surface area contributed by atoms with Crippen molar-refractivity contribution in [1.29, 1.82) is 0 Å². The molecule has 0 radical (unpaired) electrons. The number of ether oxygens (including phenoxy) is 2. The summed E-state index contributed by atoms with van der Waals surface area (Å²) in [6.45, 7) is 0.440. The molecule has 3 rings (SSSR count). The topological polar surface area (TPSA) is 96.4 Å². The molecule has 2 N–H and O–H groups in total. The first-order valence-corrected chi connectivity index (χ1v) is 8.73. The van der Waals surface area contributed by atoms with E-state index < -0.39 is 18.0 Å². The molecule has 0 saturated carbocycles. The SMILES string of the molecule is COC(=O)c1ccc(-c2cn(CC(N)C(=O)OCc3ccccc3)cn2)cc1. The van der Waals surface area contributed by atoms with Crippen LogP contribution in [0.25, 0.3) is 11.3 Å². The third kappa shape index (κ3) is 4.83. The van der Waals surface area contributed by atoms with Crippen molar-refractivity contribution in [3.8, 4) is 11.3 Å². The summed E-state index contributed by atoms with van der Waals surface area (Å²) in [6.07, 6.45) is 3.39. The molecule has 0 spiro atoms. The van der Waals surface area contributed by atoms with Crippen molar-refractivity contribution >= 4 is 11.9 Å². The Kier molecular flexibility index (Phi) is 6.18. The molecule has 1 unspecified atom stereocenters. The van der Waals surface area contributed by atoms with Crippen LogP contribution < -0.4 is 5.73 Å². The van der Waals surface area contributed by atoms with Gasteiger partial charge in [0.1, 0.15) is 12.6 Å². The molecule has 0 fully saturated rings. The summed E-state index contributed by atoms with van der Waals surface area (Å²) < 4.78 is 11.7. The molecule has 1 aromatic heterocycles. The lowest BCUT2D eigenvalue weighted by Crippen LogP contribution is -2.36. The number of aromatic nitrogens is 2. The molecule has 0 amide bonds. The van der Waals surface area contributed by atoms with Gasteiger partial charge in [0, 0.05) is 18.3 Å². The van der Waals surface area contributed by atoms with E-state index in [0.717, 1.165) is 11.1 Å². The monoisotopic (exact) mass is 379 g/mol. The number of carbonyl (C=O) groups is 2.